The van der Waals surface area contributed by atoms with Gasteiger partial charge in [0.2, 0.25) is 0 Å². The van der Waals surface area contributed by atoms with Gasteiger partial charge in [0.25, 0.3) is 0 Å². The van der Waals surface area contributed by atoms with Gasteiger partial charge in [-0.2, -0.15) is 23.7 Å². The van der Waals surface area contributed by atoms with Crippen molar-refractivity contribution in [3.8, 4) is 45.8 Å². The van der Waals surface area contributed by atoms with Crippen LogP contribution >= 0.6 is 0 Å². The third-order valence-corrected chi connectivity index (χ3v) is 10.3. The molecule has 0 N–H and O–H groups in total. The smallest absolute Gasteiger partial charge is 0.309 e. The van der Waals surface area contributed by atoms with Gasteiger partial charge in [-0.1, -0.05) is 71.8 Å². The molecule has 2 heterocycles. The Hall–Kier alpha value is -7.09. The Kier molecular flexibility index (Phi) is 7.44. The number of nitriles is 2. The fourth-order valence-electron chi connectivity index (χ4n) is 7.92. The number of fused-ring (bicyclic) bond motifs is 6. The minimum absolute atomic E-state index is 0.0559. The van der Waals surface area contributed by atoms with Crippen molar-refractivity contribution in [3.63, 3.8) is 0 Å². The highest BCUT2D eigenvalue weighted by Gasteiger charge is 2.34. The van der Waals surface area contributed by atoms with Crippen LogP contribution in [-0.2, 0) is 6.18 Å². The topological polar surface area (TPSA) is 57.4 Å². The standard InChI is InChI=1S/C47H29F3N4/c1-28-11-18-44-38(21-28)35-7-3-5-9-42(35)53(44)33-16-14-32(27-52)37(25-33)40-24-31(34-17-13-30(26-51)23-41(34)47(48,49)50)15-20-46(40)54-43-10-6-4-8-36(43)39-22-29(2)12-19-45(39)54/h3-25H,1-2H3. The lowest BCUT2D eigenvalue weighted by Crippen LogP contribution is -2.08. The van der Waals surface area contributed by atoms with E-state index in [2.05, 4.69) is 70.7 Å². The first kappa shape index (κ1) is 32.8. The molecule has 0 unspecified atom stereocenters. The molecule has 0 bridgehead atoms. The van der Waals surface area contributed by atoms with Crippen molar-refractivity contribution >= 4 is 43.6 Å². The van der Waals surface area contributed by atoms with Crippen LogP contribution in [0.3, 0.4) is 0 Å². The maximum Gasteiger partial charge on any atom is 0.417 e. The summed E-state index contributed by atoms with van der Waals surface area (Å²) in [7, 11) is 0. The van der Waals surface area contributed by atoms with Crippen LogP contribution in [0.1, 0.15) is 27.8 Å². The summed E-state index contributed by atoms with van der Waals surface area (Å²) in [6.45, 7) is 4.11. The summed E-state index contributed by atoms with van der Waals surface area (Å²) in [5, 5.41) is 24.4. The number of hydrogen-bond donors (Lipinski definition) is 0. The van der Waals surface area contributed by atoms with E-state index < -0.39 is 11.7 Å². The van der Waals surface area contributed by atoms with E-state index in [0.29, 0.717) is 27.9 Å². The van der Waals surface area contributed by atoms with Crippen molar-refractivity contribution in [2.24, 2.45) is 0 Å². The molecule has 0 atom stereocenters. The molecule has 0 amide bonds. The summed E-state index contributed by atoms with van der Waals surface area (Å²) >= 11 is 0. The molecule has 0 aliphatic heterocycles. The molecule has 0 radical (unpaired) electrons. The minimum Gasteiger partial charge on any atom is -0.309 e. The van der Waals surface area contributed by atoms with E-state index in [-0.39, 0.29) is 11.1 Å². The second kappa shape index (κ2) is 12.3. The molecule has 0 aliphatic carbocycles. The second-order valence-corrected chi connectivity index (χ2v) is 13.7. The first-order chi connectivity index (χ1) is 26.1. The number of para-hydroxylation sites is 2. The molecule has 258 valence electrons. The number of hydrogen-bond acceptors (Lipinski definition) is 2. The Morgan fingerprint density at radius 2 is 1.11 bits per heavy atom. The molecule has 7 aromatic carbocycles. The molecule has 0 saturated carbocycles. The number of aryl methyl sites for hydroxylation is 2. The maximum absolute atomic E-state index is 14.6. The van der Waals surface area contributed by atoms with Crippen LogP contribution in [0.15, 0.2) is 140 Å². The highest BCUT2D eigenvalue weighted by atomic mass is 19.4. The molecule has 0 saturated heterocycles. The maximum atomic E-state index is 14.6. The zero-order chi connectivity index (χ0) is 37.3. The van der Waals surface area contributed by atoms with Crippen LogP contribution in [-0.4, -0.2) is 9.13 Å². The summed E-state index contributed by atoms with van der Waals surface area (Å²) in [4.78, 5) is 0. The first-order valence-electron chi connectivity index (χ1n) is 17.5. The third kappa shape index (κ3) is 5.13. The van der Waals surface area contributed by atoms with Gasteiger partial charge in [0.15, 0.2) is 0 Å². The Labute approximate surface area is 308 Å². The van der Waals surface area contributed by atoms with E-state index in [9.17, 15) is 23.7 Å². The molecule has 2 aromatic heterocycles. The fourth-order valence-corrected chi connectivity index (χ4v) is 7.92. The summed E-state index contributed by atoms with van der Waals surface area (Å²) in [5.41, 5.74) is 8.41. The van der Waals surface area contributed by atoms with Crippen LogP contribution in [0.5, 0.6) is 0 Å². The van der Waals surface area contributed by atoms with Crippen molar-refractivity contribution in [1.82, 2.24) is 9.13 Å². The number of benzene rings is 7. The van der Waals surface area contributed by atoms with Crippen LogP contribution in [0.2, 0.25) is 0 Å². The zero-order valence-electron chi connectivity index (χ0n) is 29.2. The Morgan fingerprint density at radius 1 is 0.500 bits per heavy atom. The molecule has 0 spiro atoms. The van der Waals surface area contributed by atoms with Gasteiger partial charge in [-0.05, 0) is 104 Å². The van der Waals surface area contributed by atoms with Gasteiger partial charge < -0.3 is 9.13 Å². The highest BCUT2D eigenvalue weighted by molar-refractivity contribution is 6.11. The molecular weight excluding hydrogens is 678 g/mol. The summed E-state index contributed by atoms with van der Waals surface area (Å²) < 4.78 is 48.1. The molecule has 9 rings (SSSR count). The highest BCUT2D eigenvalue weighted by Crippen LogP contribution is 2.43. The first-order valence-corrected chi connectivity index (χ1v) is 17.5. The lowest BCUT2D eigenvalue weighted by atomic mass is 9.91. The number of rotatable bonds is 4. The van der Waals surface area contributed by atoms with E-state index in [1.165, 1.54) is 12.1 Å². The lowest BCUT2D eigenvalue weighted by molar-refractivity contribution is -0.137. The van der Waals surface area contributed by atoms with Gasteiger partial charge in [0.1, 0.15) is 0 Å². The number of alkyl halides is 3. The summed E-state index contributed by atoms with van der Waals surface area (Å²) in [6, 6.07) is 47.6. The average Bonchev–Trinajstić information content (AvgIpc) is 3.69. The molecule has 0 fully saturated rings. The van der Waals surface area contributed by atoms with Crippen molar-refractivity contribution in [2.45, 2.75) is 20.0 Å². The largest absolute Gasteiger partial charge is 0.417 e. The van der Waals surface area contributed by atoms with Crippen molar-refractivity contribution in [2.75, 3.05) is 0 Å². The van der Waals surface area contributed by atoms with Gasteiger partial charge in [-0.25, -0.2) is 0 Å². The minimum atomic E-state index is -4.71. The second-order valence-electron chi connectivity index (χ2n) is 13.7. The van der Waals surface area contributed by atoms with Crippen molar-refractivity contribution < 1.29 is 13.2 Å². The Balaban J connectivity index is 1.39. The number of nitrogens with zero attached hydrogens (tertiary/aromatic N) is 4. The van der Waals surface area contributed by atoms with E-state index in [1.54, 1.807) is 18.2 Å². The summed E-state index contributed by atoms with van der Waals surface area (Å²) in [5.74, 6) is 0. The molecule has 4 nitrogen and oxygen atoms in total. The Bertz CT molecular complexity index is 3090. The van der Waals surface area contributed by atoms with Crippen molar-refractivity contribution in [3.05, 3.63) is 167 Å². The van der Waals surface area contributed by atoms with Gasteiger partial charge in [-0.3, -0.25) is 0 Å². The van der Waals surface area contributed by atoms with Crippen LogP contribution in [0.25, 0.3) is 77.2 Å². The van der Waals surface area contributed by atoms with Gasteiger partial charge >= 0.3 is 6.18 Å². The van der Waals surface area contributed by atoms with E-state index in [4.69, 9.17) is 0 Å². The molecular formula is C47H29F3N4. The molecule has 0 aliphatic rings. The predicted molar refractivity (Wildman–Crippen MR) is 210 cm³/mol. The van der Waals surface area contributed by atoms with Crippen LogP contribution < -0.4 is 0 Å². The van der Waals surface area contributed by atoms with Gasteiger partial charge in [0, 0.05) is 38.4 Å². The number of aromatic nitrogens is 2. The monoisotopic (exact) mass is 706 g/mol. The van der Waals surface area contributed by atoms with Crippen LogP contribution in [0, 0.1) is 36.5 Å². The van der Waals surface area contributed by atoms with E-state index in [1.807, 2.05) is 67.6 Å². The van der Waals surface area contributed by atoms with Gasteiger partial charge in [-0.15, -0.1) is 0 Å². The zero-order valence-corrected chi connectivity index (χ0v) is 29.2. The third-order valence-electron chi connectivity index (χ3n) is 10.3. The van der Waals surface area contributed by atoms with E-state index >= 15 is 0 Å². The summed E-state index contributed by atoms with van der Waals surface area (Å²) in [6.07, 6.45) is -4.71. The normalized spacial score (nSPS) is 11.8. The van der Waals surface area contributed by atoms with Crippen LogP contribution in [0.4, 0.5) is 13.2 Å². The number of halogens is 3. The quantitative estimate of drug-likeness (QED) is 0.183. The van der Waals surface area contributed by atoms with Gasteiger partial charge in [0.05, 0.1) is 56.6 Å². The Morgan fingerprint density at radius 3 is 1.74 bits per heavy atom. The lowest BCUT2D eigenvalue weighted by Gasteiger charge is -2.19. The SMILES string of the molecule is Cc1ccc2c(c1)c1ccccc1n2-c1ccc(C#N)c(-c2cc(-c3ccc(C#N)cc3C(F)(F)F)ccc2-n2c3ccccc3c3cc(C)ccc32)c1. The molecule has 7 heteroatoms. The van der Waals surface area contributed by atoms with E-state index in [0.717, 1.165) is 66.5 Å². The predicted octanol–water partition coefficient (Wildman–Crippen LogP) is 12.6. The molecule has 54 heavy (non-hydrogen) atoms. The molecule has 9 aromatic rings. The fraction of sp³-hybridized carbons (Fsp3) is 0.0638. The average molecular weight is 707 g/mol. The van der Waals surface area contributed by atoms with Crippen molar-refractivity contribution in [1.29, 1.82) is 10.5 Å².